The van der Waals surface area contributed by atoms with Gasteiger partial charge >= 0.3 is 0 Å². The van der Waals surface area contributed by atoms with Crippen LogP contribution in [-0.2, 0) is 11.3 Å². The summed E-state index contributed by atoms with van der Waals surface area (Å²) in [5.41, 5.74) is 1.76. The Kier molecular flexibility index (Phi) is 6.09. The van der Waals surface area contributed by atoms with Crippen molar-refractivity contribution >= 4 is 0 Å². The predicted molar refractivity (Wildman–Crippen MR) is 70.8 cm³/mol. The summed E-state index contributed by atoms with van der Waals surface area (Å²) in [4.78, 5) is 4.44. The molecule has 0 aliphatic carbocycles. The van der Waals surface area contributed by atoms with Gasteiger partial charge in [0.2, 0.25) is 5.88 Å². The van der Waals surface area contributed by atoms with Crippen LogP contribution in [0.15, 0.2) is 12.1 Å². The lowest BCUT2D eigenvalue weighted by molar-refractivity contribution is 0.0631. The lowest BCUT2D eigenvalue weighted by Crippen LogP contribution is -2.20. The number of aromatic nitrogens is 1. The molecule has 1 aromatic heterocycles. The molecule has 0 saturated carbocycles. The van der Waals surface area contributed by atoms with Crippen molar-refractivity contribution in [2.75, 3.05) is 13.2 Å². The minimum absolute atomic E-state index is 0.00155. The average Bonchev–Trinajstić information content (AvgIpc) is 2.35. The maximum Gasteiger partial charge on any atom is 0.214 e. The lowest BCUT2D eigenvalue weighted by atomic mass is 10.1. The third-order valence-electron chi connectivity index (χ3n) is 2.53. The molecular formula is C14H23NO3. The maximum absolute atomic E-state index is 9.24. The molecule has 1 N–H and O–H groups in total. The summed E-state index contributed by atoms with van der Waals surface area (Å²) in [6.45, 7) is 9.24. The summed E-state index contributed by atoms with van der Waals surface area (Å²) >= 11 is 0. The molecule has 1 heterocycles. The number of aliphatic hydroxyl groups is 1. The fourth-order valence-corrected chi connectivity index (χ4v) is 1.55. The van der Waals surface area contributed by atoms with E-state index in [9.17, 15) is 5.11 Å². The van der Waals surface area contributed by atoms with E-state index in [1.54, 1.807) is 6.07 Å². The van der Waals surface area contributed by atoms with Gasteiger partial charge in [-0.1, -0.05) is 13.8 Å². The molecule has 18 heavy (non-hydrogen) atoms. The quantitative estimate of drug-likeness (QED) is 0.811. The molecule has 0 fully saturated rings. The normalized spacial score (nSPS) is 12.8. The Morgan fingerprint density at radius 1 is 1.28 bits per heavy atom. The van der Waals surface area contributed by atoms with Crippen molar-refractivity contribution in [3.63, 3.8) is 0 Å². The molecule has 0 aliphatic heterocycles. The van der Waals surface area contributed by atoms with E-state index in [1.165, 1.54) is 0 Å². The molecule has 0 saturated heterocycles. The van der Waals surface area contributed by atoms with Crippen LogP contribution in [0.3, 0.4) is 0 Å². The zero-order chi connectivity index (χ0) is 13.5. The fourth-order valence-electron chi connectivity index (χ4n) is 1.55. The van der Waals surface area contributed by atoms with Gasteiger partial charge < -0.3 is 14.6 Å². The summed E-state index contributed by atoms with van der Waals surface area (Å²) in [7, 11) is 0. The van der Waals surface area contributed by atoms with Crippen molar-refractivity contribution in [3.05, 3.63) is 23.4 Å². The molecule has 1 unspecified atom stereocenters. The Morgan fingerprint density at radius 2 is 2.00 bits per heavy atom. The maximum atomic E-state index is 9.24. The highest BCUT2D eigenvalue weighted by atomic mass is 16.5. The second-order valence-electron chi connectivity index (χ2n) is 4.64. The van der Waals surface area contributed by atoms with Crippen molar-refractivity contribution in [2.24, 2.45) is 0 Å². The monoisotopic (exact) mass is 253 g/mol. The number of rotatable bonds is 7. The van der Waals surface area contributed by atoms with E-state index < -0.39 is 0 Å². The molecule has 0 spiro atoms. The van der Waals surface area contributed by atoms with Gasteiger partial charge in [0.05, 0.1) is 13.2 Å². The van der Waals surface area contributed by atoms with E-state index in [2.05, 4.69) is 18.8 Å². The Hall–Kier alpha value is -1.13. The largest absolute Gasteiger partial charge is 0.472 e. The van der Waals surface area contributed by atoms with E-state index in [1.807, 2.05) is 19.9 Å². The minimum atomic E-state index is -0.0496. The molecule has 1 aromatic rings. The van der Waals surface area contributed by atoms with Gasteiger partial charge in [0, 0.05) is 18.4 Å². The molecule has 0 aromatic carbocycles. The van der Waals surface area contributed by atoms with Crippen LogP contribution in [0.5, 0.6) is 5.88 Å². The lowest BCUT2D eigenvalue weighted by Gasteiger charge is -2.16. The SMILES string of the molecule is CCOCC(C)Oc1cc(CO)cc(C(C)C)n1. The second kappa shape index (κ2) is 7.34. The first-order chi connectivity index (χ1) is 8.56. The van der Waals surface area contributed by atoms with Gasteiger partial charge in [-0.15, -0.1) is 0 Å². The Labute approximate surface area is 109 Å². The van der Waals surface area contributed by atoms with Gasteiger partial charge in [-0.2, -0.15) is 0 Å². The third-order valence-corrected chi connectivity index (χ3v) is 2.53. The summed E-state index contributed by atoms with van der Waals surface area (Å²) < 4.78 is 11.0. The van der Waals surface area contributed by atoms with Crippen LogP contribution in [0.2, 0.25) is 0 Å². The highest BCUT2D eigenvalue weighted by Gasteiger charge is 2.10. The van der Waals surface area contributed by atoms with E-state index in [-0.39, 0.29) is 12.7 Å². The van der Waals surface area contributed by atoms with Crippen LogP contribution in [-0.4, -0.2) is 29.4 Å². The Balaban J connectivity index is 2.77. The Bertz CT molecular complexity index is 366. The van der Waals surface area contributed by atoms with E-state index in [0.29, 0.717) is 25.0 Å². The molecule has 1 atom stereocenters. The van der Waals surface area contributed by atoms with Crippen LogP contribution in [0.1, 0.15) is 44.9 Å². The molecule has 0 aliphatic rings. The molecule has 0 amide bonds. The standard InChI is InChI=1S/C14H23NO3/c1-5-17-9-11(4)18-14-7-12(8-16)6-13(15-14)10(2)3/h6-7,10-11,16H,5,8-9H2,1-4H3. The minimum Gasteiger partial charge on any atom is -0.472 e. The zero-order valence-electron chi connectivity index (χ0n) is 11.6. The van der Waals surface area contributed by atoms with Crippen LogP contribution in [0.4, 0.5) is 0 Å². The first-order valence-corrected chi connectivity index (χ1v) is 6.42. The topological polar surface area (TPSA) is 51.6 Å². The second-order valence-corrected chi connectivity index (χ2v) is 4.64. The van der Waals surface area contributed by atoms with Gasteiger partial charge in [-0.05, 0) is 31.4 Å². The first kappa shape index (κ1) is 14.9. The highest BCUT2D eigenvalue weighted by molar-refractivity contribution is 5.26. The number of pyridine rings is 1. The Morgan fingerprint density at radius 3 is 2.56 bits per heavy atom. The van der Waals surface area contributed by atoms with Crippen molar-refractivity contribution in [2.45, 2.75) is 46.3 Å². The number of hydrogen-bond acceptors (Lipinski definition) is 4. The first-order valence-electron chi connectivity index (χ1n) is 6.42. The van der Waals surface area contributed by atoms with Gasteiger partial charge in [-0.3, -0.25) is 0 Å². The van der Waals surface area contributed by atoms with Crippen LogP contribution in [0.25, 0.3) is 0 Å². The van der Waals surface area contributed by atoms with Crippen LogP contribution >= 0.6 is 0 Å². The summed E-state index contributed by atoms with van der Waals surface area (Å²) in [6, 6.07) is 3.68. The summed E-state index contributed by atoms with van der Waals surface area (Å²) in [5, 5.41) is 9.24. The van der Waals surface area contributed by atoms with Gasteiger partial charge in [0.15, 0.2) is 0 Å². The highest BCUT2D eigenvalue weighted by Crippen LogP contribution is 2.19. The third kappa shape index (κ3) is 4.63. The molecule has 102 valence electrons. The van der Waals surface area contributed by atoms with Gasteiger partial charge in [-0.25, -0.2) is 4.98 Å². The molecular weight excluding hydrogens is 230 g/mol. The van der Waals surface area contributed by atoms with E-state index in [0.717, 1.165) is 11.3 Å². The molecule has 4 heteroatoms. The van der Waals surface area contributed by atoms with Gasteiger partial charge in [0.1, 0.15) is 6.10 Å². The van der Waals surface area contributed by atoms with Crippen molar-refractivity contribution in [1.82, 2.24) is 4.98 Å². The predicted octanol–water partition coefficient (Wildman–Crippen LogP) is 2.50. The molecule has 0 bridgehead atoms. The zero-order valence-corrected chi connectivity index (χ0v) is 11.6. The average molecular weight is 253 g/mol. The van der Waals surface area contributed by atoms with Crippen molar-refractivity contribution in [3.8, 4) is 5.88 Å². The smallest absolute Gasteiger partial charge is 0.214 e. The summed E-state index contributed by atoms with van der Waals surface area (Å²) in [5.74, 6) is 0.860. The number of hydrogen-bond donors (Lipinski definition) is 1. The number of nitrogens with zero attached hydrogens (tertiary/aromatic N) is 1. The molecule has 1 rings (SSSR count). The van der Waals surface area contributed by atoms with E-state index >= 15 is 0 Å². The van der Waals surface area contributed by atoms with Gasteiger partial charge in [0.25, 0.3) is 0 Å². The summed E-state index contributed by atoms with van der Waals surface area (Å²) in [6.07, 6.45) is -0.0496. The number of ether oxygens (including phenoxy) is 2. The number of aliphatic hydroxyl groups excluding tert-OH is 1. The fraction of sp³-hybridized carbons (Fsp3) is 0.643. The molecule has 0 radical (unpaired) electrons. The molecule has 4 nitrogen and oxygen atoms in total. The van der Waals surface area contributed by atoms with Crippen LogP contribution in [0, 0.1) is 0 Å². The van der Waals surface area contributed by atoms with E-state index in [4.69, 9.17) is 9.47 Å². The van der Waals surface area contributed by atoms with Crippen LogP contribution < -0.4 is 4.74 Å². The van der Waals surface area contributed by atoms with Crippen molar-refractivity contribution in [1.29, 1.82) is 0 Å². The van der Waals surface area contributed by atoms with Crippen molar-refractivity contribution < 1.29 is 14.6 Å².